The van der Waals surface area contributed by atoms with Crippen LogP contribution in [0.1, 0.15) is 38.5 Å². The van der Waals surface area contributed by atoms with Gasteiger partial charge in [-0.25, -0.2) is 0 Å². The first kappa shape index (κ1) is 14.3. The maximum atomic E-state index is 12.2. The van der Waals surface area contributed by atoms with Crippen LogP contribution in [0.4, 0.5) is 0 Å². The Balaban J connectivity index is 1.41. The summed E-state index contributed by atoms with van der Waals surface area (Å²) >= 11 is 0. The minimum atomic E-state index is 0.359. The van der Waals surface area contributed by atoms with Gasteiger partial charge in [0.2, 0.25) is 5.91 Å². The maximum Gasteiger partial charge on any atom is 0.223 e. The molecule has 1 N–H and O–H groups in total. The lowest BCUT2D eigenvalue weighted by molar-refractivity contribution is -0.132. The van der Waals surface area contributed by atoms with Gasteiger partial charge in [-0.3, -0.25) is 4.79 Å². The summed E-state index contributed by atoms with van der Waals surface area (Å²) in [4.78, 5) is 16.8. The average molecular weight is 279 g/mol. The first-order valence-electron chi connectivity index (χ1n) is 8.54. The van der Waals surface area contributed by atoms with Crippen LogP contribution in [-0.4, -0.2) is 61.5 Å². The molecule has 0 aromatic heterocycles. The smallest absolute Gasteiger partial charge is 0.223 e. The molecule has 0 radical (unpaired) electrons. The van der Waals surface area contributed by atoms with Gasteiger partial charge in [0.15, 0.2) is 0 Å². The summed E-state index contributed by atoms with van der Waals surface area (Å²) in [5.74, 6) is 2.27. The van der Waals surface area contributed by atoms with Gasteiger partial charge in [-0.1, -0.05) is 19.3 Å². The van der Waals surface area contributed by atoms with Crippen LogP contribution in [0.5, 0.6) is 0 Å². The number of fused-ring (bicyclic) bond motifs is 1. The number of piperazine rings is 1. The minimum absolute atomic E-state index is 0.359. The van der Waals surface area contributed by atoms with E-state index in [0.29, 0.717) is 5.91 Å². The maximum absolute atomic E-state index is 12.2. The molecule has 4 heteroatoms. The number of rotatable bonds is 3. The number of amides is 1. The number of hydrogen-bond acceptors (Lipinski definition) is 3. The molecule has 0 aromatic carbocycles. The minimum Gasteiger partial charge on any atom is -0.340 e. The summed E-state index contributed by atoms with van der Waals surface area (Å²) in [5.41, 5.74) is 0. The summed E-state index contributed by atoms with van der Waals surface area (Å²) in [5, 5.41) is 3.30. The third kappa shape index (κ3) is 3.53. The number of nitrogens with one attached hydrogen (secondary N) is 1. The van der Waals surface area contributed by atoms with E-state index in [-0.39, 0.29) is 0 Å². The van der Waals surface area contributed by atoms with Gasteiger partial charge in [0.05, 0.1) is 0 Å². The van der Waals surface area contributed by atoms with Crippen molar-refractivity contribution in [2.75, 3.05) is 45.8 Å². The topological polar surface area (TPSA) is 35.6 Å². The van der Waals surface area contributed by atoms with Crippen LogP contribution < -0.4 is 5.32 Å². The van der Waals surface area contributed by atoms with E-state index in [4.69, 9.17) is 0 Å². The second kappa shape index (κ2) is 6.90. The van der Waals surface area contributed by atoms with Crippen LogP contribution in [0, 0.1) is 11.8 Å². The van der Waals surface area contributed by atoms with E-state index < -0.39 is 0 Å². The lowest BCUT2D eigenvalue weighted by Crippen LogP contribution is -2.48. The van der Waals surface area contributed by atoms with E-state index in [0.717, 1.165) is 51.0 Å². The van der Waals surface area contributed by atoms with E-state index >= 15 is 0 Å². The molecule has 114 valence electrons. The highest BCUT2D eigenvalue weighted by atomic mass is 16.2. The Hall–Kier alpha value is -0.610. The Bertz CT molecular complexity index is 328. The highest BCUT2D eigenvalue weighted by Gasteiger charge is 2.31. The van der Waals surface area contributed by atoms with Gasteiger partial charge in [-0.15, -0.1) is 0 Å². The number of hydrogen-bond donors (Lipinski definition) is 1. The average Bonchev–Trinajstić information content (AvgIpc) is 2.53. The monoisotopic (exact) mass is 279 g/mol. The number of piperidine rings is 1. The van der Waals surface area contributed by atoms with E-state index in [2.05, 4.69) is 10.2 Å². The first-order chi connectivity index (χ1) is 9.83. The molecule has 0 aromatic rings. The molecular formula is C16H29N3O. The summed E-state index contributed by atoms with van der Waals surface area (Å²) in [6.07, 6.45) is 7.84. The molecule has 20 heavy (non-hydrogen) atoms. The zero-order valence-electron chi connectivity index (χ0n) is 12.6. The summed E-state index contributed by atoms with van der Waals surface area (Å²) < 4.78 is 0. The fourth-order valence-electron chi connectivity index (χ4n) is 4.21. The van der Waals surface area contributed by atoms with Crippen molar-refractivity contribution in [3.05, 3.63) is 0 Å². The first-order valence-corrected chi connectivity index (χ1v) is 8.54. The van der Waals surface area contributed by atoms with Crippen molar-refractivity contribution in [1.82, 2.24) is 15.1 Å². The molecule has 4 nitrogen and oxygen atoms in total. The number of likely N-dealkylation sites (tertiary alicyclic amines) is 1. The molecule has 0 spiro atoms. The summed E-state index contributed by atoms with van der Waals surface area (Å²) in [7, 11) is 0. The van der Waals surface area contributed by atoms with Crippen molar-refractivity contribution in [3.63, 3.8) is 0 Å². The van der Waals surface area contributed by atoms with Crippen molar-refractivity contribution >= 4 is 5.91 Å². The molecular weight excluding hydrogens is 250 g/mol. The fraction of sp³-hybridized carbons (Fsp3) is 0.938. The summed E-state index contributed by atoms with van der Waals surface area (Å²) in [6, 6.07) is 0. The third-order valence-electron chi connectivity index (χ3n) is 5.49. The van der Waals surface area contributed by atoms with Crippen LogP contribution in [0.2, 0.25) is 0 Å². The van der Waals surface area contributed by atoms with Gasteiger partial charge in [-0.05, 0) is 31.2 Å². The molecule has 3 fully saturated rings. The zero-order valence-corrected chi connectivity index (χ0v) is 12.6. The lowest BCUT2D eigenvalue weighted by Gasteiger charge is -2.41. The molecule has 0 bridgehead atoms. The zero-order chi connectivity index (χ0) is 13.8. The second-order valence-electron chi connectivity index (χ2n) is 6.77. The van der Waals surface area contributed by atoms with Gasteiger partial charge in [0, 0.05) is 45.7 Å². The van der Waals surface area contributed by atoms with E-state index in [1.807, 2.05) is 4.90 Å². The molecule has 1 amide bonds. The van der Waals surface area contributed by atoms with Crippen LogP contribution in [0.3, 0.4) is 0 Å². The standard InChI is InChI=1S/C16H29N3O/c20-16(19-11-7-17-8-12-19)6-10-18-9-5-14-3-1-2-4-15(14)13-18/h14-15,17H,1-13H2. The highest BCUT2D eigenvalue weighted by Crippen LogP contribution is 2.35. The molecule has 3 rings (SSSR count). The van der Waals surface area contributed by atoms with E-state index in [1.54, 1.807) is 0 Å². The Kier molecular flexibility index (Phi) is 4.94. The Labute approximate surface area is 122 Å². The van der Waals surface area contributed by atoms with Gasteiger partial charge >= 0.3 is 0 Å². The van der Waals surface area contributed by atoms with Gasteiger partial charge in [0.1, 0.15) is 0 Å². The largest absolute Gasteiger partial charge is 0.340 e. The van der Waals surface area contributed by atoms with Gasteiger partial charge in [0.25, 0.3) is 0 Å². The molecule has 2 aliphatic heterocycles. The van der Waals surface area contributed by atoms with Crippen molar-refractivity contribution in [2.45, 2.75) is 38.5 Å². The predicted octanol–water partition coefficient (Wildman–Crippen LogP) is 1.32. The predicted molar refractivity (Wildman–Crippen MR) is 80.6 cm³/mol. The fourth-order valence-corrected chi connectivity index (χ4v) is 4.21. The van der Waals surface area contributed by atoms with Crippen molar-refractivity contribution < 1.29 is 4.79 Å². The SMILES string of the molecule is O=C(CCN1CCC2CCCCC2C1)N1CCNCC1. The quantitative estimate of drug-likeness (QED) is 0.846. The van der Waals surface area contributed by atoms with E-state index in [9.17, 15) is 4.79 Å². The lowest BCUT2D eigenvalue weighted by atomic mass is 9.75. The van der Waals surface area contributed by atoms with Crippen molar-refractivity contribution in [1.29, 1.82) is 0 Å². The van der Waals surface area contributed by atoms with Crippen LogP contribution >= 0.6 is 0 Å². The molecule has 2 heterocycles. The van der Waals surface area contributed by atoms with Crippen LogP contribution in [-0.2, 0) is 4.79 Å². The van der Waals surface area contributed by atoms with Gasteiger partial charge in [-0.2, -0.15) is 0 Å². The second-order valence-corrected chi connectivity index (χ2v) is 6.77. The Morgan fingerprint density at radius 2 is 1.75 bits per heavy atom. The number of carbonyl (C=O) groups is 1. The Morgan fingerprint density at radius 1 is 1.00 bits per heavy atom. The molecule has 3 aliphatic rings. The Morgan fingerprint density at radius 3 is 2.55 bits per heavy atom. The number of nitrogens with zero attached hydrogens (tertiary/aromatic N) is 2. The molecule has 2 unspecified atom stereocenters. The molecule has 2 atom stereocenters. The van der Waals surface area contributed by atoms with Gasteiger partial charge < -0.3 is 15.1 Å². The normalized spacial score (nSPS) is 31.9. The highest BCUT2D eigenvalue weighted by molar-refractivity contribution is 5.76. The van der Waals surface area contributed by atoms with Crippen molar-refractivity contribution in [3.8, 4) is 0 Å². The third-order valence-corrected chi connectivity index (χ3v) is 5.49. The molecule has 2 saturated heterocycles. The molecule has 1 aliphatic carbocycles. The van der Waals surface area contributed by atoms with Crippen LogP contribution in [0.15, 0.2) is 0 Å². The van der Waals surface area contributed by atoms with Crippen molar-refractivity contribution in [2.24, 2.45) is 11.8 Å². The van der Waals surface area contributed by atoms with E-state index in [1.165, 1.54) is 45.2 Å². The number of carbonyl (C=O) groups excluding carboxylic acids is 1. The summed E-state index contributed by atoms with van der Waals surface area (Å²) in [6.45, 7) is 7.15. The van der Waals surface area contributed by atoms with Crippen LogP contribution in [0.25, 0.3) is 0 Å². The molecule has 1 saturated carbocycles.